The van der Waals surface area contributed by atoms with E-state index in [9.17, 15) is 8.42 Å². The van der Waals surface area contributed by atoms with Crippen molar-refractivity contribution in [3.63, 3.8) is 0 Å². The largest absolute Gasteiger partial charge is 0.371 e. The molecule has 7 heteroatoms. The zero-order valence-electron chi connectivity index (χ0n) is 12.4. The van der Waals surface area contributed by atoms with Crippen LogP contribution in [0.1, 0.15) is 5.56 Å². The molecule has 0 bridgehead atoms. The third kappa shape index (κ3) is 3.63. The number of nitrogens with zero attached hydrogens (tertiary/aromatic N) is 1. The van der Waals surface area contributed by atoms with Crippen molar-refractivity contribution >= 4 is 38.9 Å². The van der Waals surface area contributed by atoms with Crippen molar-refractivity contribution in [3.05, 3.63) is 58.1 Å². The Bertz CT molecular complexity index is 818. The average Bonchev–Trinajstić information content (AvgIpc) is 3.32. The Morgan fingerprint density at radius 1 is 1.17 bits per heavy atom. The zero-order valence-corrected chi connectivity index (χ0v) is 14.7. The number of epoxide rings is 1. The predicted molar refractivity (Wildman–Crippen MR) is 91.9 cm³/mol. The Labute approximate surface area is 145 Å². The Morgan fingerprint density at radius 3 is 2.43 bits per heavy atom. The number of anilines is 1. The van der Waals surface area contributed by atoms with E-state index in [0.717, 1.165) is 5.56 Å². The Hall–Kier alpha value is -1.27. The third-order valence-corrected chi connectivity index (χ3v) is 5.91. The summed E-state index contributed by atoms with van der Waals surface area (Å²) in [5, 5.41) is 0.746. The van der Waals surface area contributed by atoms with Crippen LogP contribution in [0.25, 0.3) is 0 Å². The lowest BCUT2D eigenvalue weighted by Gasteiger charge is -2.25. The fraction of sp³-hybridized carbons (Fsp3) is 0.250. The summed E-state index contributed by atoms with van der Waals surface area (Å²) in [5.74, 6) is 0. The van der Waals surface area contributed by atoms with Crippen molar-refractivity contribution in [3.8, 4) is 0 Å². The van der Waals surface area contributed by atoms with Gasteiger partial charge < -0.3 is 4.74 Å². The summed E-state index contributed by atoms with van der Waals surface area (Å²) in [6.45, 7) is 2.65. The predicted octanol–water partition coefficient (Wildman–Crippen LogP) is 3.90. The van der Waals surface area contributed by atoms with Crippen LogP contribution in [0.5, 0.6) is 0 Å². The van der Waals surface area contributed by atoms with Crippen LogP contribution in [-0.4, -0.2) is 27.7 Å². The SMILES string of the molecule is Cc1ccc(S(=O)(=O)N(C[C@@H]2CO2)c2cc(Cl)ccc2Cl)cc1. The molecule has 1 heterocycles. The van der Waals surface area contributed by atoms with Gasteiger partial charge in [-0.15, -0.1) is 0 Å². The third-order valence-electron chi connectivity index (χ3n) is 3.56. The van der Waals surface area contributed by atoms with Crippen molar-refractivity contribution in [2.45, 2.75) is 17.9 Å². The summed E-state index contributed by atoms with van der Waals surface area (Å²) in [7, 11) is -3.75. The molecule has 1 saturated heterocycles. The molecule has 1 aliphatic heterocycles. The Morgan fingerprint density at radius 2 is 1.83 bits per heavy atom. The molecule has 2 aromatic rings. The number of aryl methyl sites for hydroxylation is 1. The second-order valence-corrected chi connectivity index (χ2v) is 8.11. The summed E-state index contributed by atoms with van der Waals surface area (Å²) in [4.78, 5) is 0.208. The van der Waals surface area contributed by atoms with Crippen LogP contribution < -0.4 is 4.31 Å². The summed E-state index contributed by atoms with van der Waals surface area (Å²) >= 11 is 12.2. The van der Waals surface area contributed by atoms with Gasteiger partial charge in [-0.2, -0.15) is 0 Å². The Kier molecular flexibility index (Phi) is 4.56. The van der Waals surface area contributed by atoms with Gasteiger partial charge in [-0.05, 0) is 37.3 Å². The second kappa shape index (κ2) is 6.32. The van der Waals surface area contributed by atoms with Crippen molar-refractivity contribution in [2.24, 2.45) is 0 Å². The van der Waals surface area contributed by atoms with Crippen LogP contribution in [0.2, 0.25) is 10.0 Å². The van der Waals surface area contributed by atoms with Crippen LogP contribution in [0.15, 0.2) is 47.4 Å². The minimum Gasteiger partial charge on any atom is -0.371 e. The highest BCUT2D eigenvalue weighted by atomic mass is 35.5. The number of rotatable bonds is 5. The molecule has 1 fully saturated rings. The van der Waals surface area contributed by atoms with E-state index in [4.69, 9.17) is 27.9 Å². The molecule has 0 unspecified atom stereocenters. The van der Waals surface area contributed by atoms with Crippen LogP contribution in [-0.2, 0) is 14.8 Å². The average molecular weight is 372 g/mol. The highest BCUT2D eigenvalue weighted by Crippen LogP contribution is 2.34. The first kappa shape index (κ1) is 16.6. The quantitative estimate of drug-likeness (QED) is 0.748. The van der Waals surface area contributed by atoms with Crippen LogP contribution >= 0.6 is 23.2 Å². The molecular weight excluding hydrogens is 357 g/mol. The lowest BCUT2D eigenvalue weighted by molar-refractivity contribution is 0.412. The lowest BCUT2D eigenvalue weighted by Crippen LogP contribution is -2.34. The van der Waals surface area contributed by atoms with Gasteiger partial charge in [0.25, 0.3) is 10.0 Å². The molecule has 0 amide bonds. The van der Waals surface area contributed by atoms with Crippen LogP contribution in [0.3, 0.4) is 0 Å². The fourth-order valence-electron chi connectivity index (χ4n) is 2.20. The molecule has 0 spiro atoms. The normalized spacial score (nSPS) is 17.1. The van der Waals surface area contributed by atoms with Crippen LogP contribution in [0.4, 0.5) is 5.69 Å². The Balaban J connectivity index is 2.07. The van der Waals surface area contributed by atoms with Gasteiger partial charge >= 0.3 is 0 Å². The van der Waals surface area contributed by atoms with Gasteiger partial charge in [-0.1, -0.05) is 40.9 Å². The standard InChI is InChI=1S/C16H15Cl2NO3S/c1-11-2-5-14(6-3-11)23(20,21)19(9-13-10-22-13)16-8-12(17)4-7-15(16)18/h2-8,13H,9-10H2,1H3/t13-/m1/s1. The summed E-state index contributed by atoms with van der Waals surface area (Å²) in [6.07, 6.45) is -0.120. The number of halogens is 2. The van der Waals surface area contributed by atoms with Gasteiger partial charge in [0.15, 0.2) is 0 Å². The molecule has 0 N–H and O–H groups in total. The summed E-state index contributed by atoms with van der Waals surface area (Å²) in [6, 6.07) is 11.5. The minimum absolute atomic E-state index is 0.120. The zero-order chi connectivity index (χ0) is 16.6. The number of ether oxygens (including phenoxy) is 1. The van der Waals surface area contributed by atoms with E-state index in [1.165, 1.54) is 4.31 Å². The molecule has 23 heavy (non-hydrogen) atoms. The lowest BCUT2D eigenvalue weighted by atomic mass is 10.2. The van der Waals surface area contributed by atoms with Gasteiger partial charge in [0.2, 0.25) is 0 Å². The van der Waals surface area contributed by atoms with E-state index < -0.39 is 10.0 Å². The van der Waals surface area contributed by atoms with Gasteiger partial charge in [0.05, 0.1) is 34.9 Å². The first-order valence-corrected chi connectivity index (χ1v) is 9.23. The highest BCUT2D eigenvalue weighted by Gasteiger charge is 2.34. The van der Waals surface area contributed by atoms with Crippen molar-refractivity contribution in [2.75, 3.05) is 17.5 Å². The van der Waals surface area contributed by atoms with Gasteiger partial charge in [-0.25, -0.2) is 8.42 Å². The molecule has 1 aliphatic rings. The van der Waals surface area contributed by atoms with Crippen molar-refractivity contribution in [1.29, 1.82) is 0 Å². The maximum absolute atomic E-state index is 13.0. The number of hydrogen-bond donors (Lipinski definition) is 0. The topological polar surface area (TPSA) is 49.9 Å². The fourth-order valence-corrected chi connectivity index (χ4v) is 4.14. The van der Waals surface area contributed by atoms with Gasteiger partial charge in [-0.3, -0.25) is 4.31 Å². The monoisotopic (exact) mass is 371 g/mol. The van der Waals surface area contributed by atoms with Crippen LogP contribution in [0, 0.1) is 6.92 Å². The summed E-state index contributed by atoms with van der Waals surface area (Å²) < 4.78 is 32.5. The number of hydrogen-bond acceptors (Lipinski definition) is 3. The molecule has 0 saturated carbocycles. The van der Waals surface area contributed by atoms with Gasteiger partial charge in [0, 0.05) is 5.02 Å². The minimum atomic E-state index is -3.75. The molecule has 2 aromatic carbocycles. The van der Waals surface area contributed by atoms with E-state index in [-0.39, 0.29) is 17.5 Å². The van der Waals surface area contributed by atoms with Gasteiger partial charge in [0.1, 0.15) is 0 Å². The second-order valence-electron chi connectivity index (χ2n) is 5.40. The first-order chi connectivity index (χ1) is 10.9. The summed E-state index contributed by atoms with van der Waals surface area (Å²) in [5.41, 5.74) is 1.34. The molecule has 122 valence electrons. The van der Waals surface area contributed by atoms with Crippen molar-refractivity contribution in [1.82, 2.24) is 0 Å². The molecule has 4 nitrogen and oxygen atoms in total. The maximum atomic E-state index is 13.0. The molecule has 0 radical (unpaired) electrons. The maximum Gasteiger partial charge on any atom is 0.264 e. The van der Waals surface area contributed by atoms with E-state index in [1.54, 1.807) is 42.5 Å². The van der Waals surface area contributed by atoms with E-state index in [0.29, 0.717) is 22.3 Å². The van der Waals surface area contributed by atoms with E-state index in [1.807, 2.05) is 6.92 Å². The highest BCUT2D eigenvalue weighted by molar-refractivity contribution is 7.92. The van der Waals surface area contributed by atoms with Crippen molar-refractivity contribution < 1.29 is 13.2 Å². The molecule has 0 aromatic heterocycles. The molecule has 0 aliphatic carbocycles. The number of sulfonamides is 1. The first-order valence-electron chi connectivity index (χ1n) is 7.04. The van der Waals surface area contributed by atoms with E-state index >= 15 is 0 Å². The molecule has 3 rings (SSSR count). The smallest absolute Gasteiger partial charge is 0.264 e. The molecule has 1 atom stereocenters. The van der Waals surface area contributed by atoms with E-state index in [2.05, 4.69) is 0 Å². The number of benzene rings is 2. The molecular formula is C16H15Cl2NO3S.